The van der Waals surface area contributed by atoms with Crippen molar-refractivity contribution in [3.8, 4) is 33.4 Å². The molecule has 1 spiro atoms. The van der Waals surface area contributed by atoms with Crippen LogP contribution in [0, 0.1) is 0 Å². The Morgan fingerprint density at radius 1 is 0.373 bits per heavy atom. The summed E-state index contributed by atoms with van der Waals surface area (Å²) in [5.74, 6) is 0. The summed E-state index contributed by atoms with van der Waals surface area (Å²) in [7, 11) is 0. The predicted octanol–water partition coefficient (Wildman–Crippen LogP) is 13.1. The third-order valence-corrected chi connectivity index (χ3v) is 11.1. The highest BCUT2D eigenvalue weighted by Gasteiger charge is 2.52. The van der Waals surface area contributed by atoms with Crippen molar-refractivity contribution in [3.05, 3.63) is 210 Å². The molecule has 2 heteroatoms. The molecule has 0 bridgehead atoms. The van der Waals surface area contributed by atoms with Gasteiger partial charge < -0.3 is 9.32 Å². The van der Waals surface area contributed by atoms with Gasteiger partial charge in [0.1, 0.15) is 11.2 Å². The van der Waals surface area contributed by atoms with Gasteiger partial charge in [0.25, 0.3) is 0 Å². The van der Waals surface area contributed by atoms with Gasteiger partial charge in [-0.1, -0.05) is 140 Å². The molecule has 51 heavy (non-hydrogen) atoms. The maximum Gasteiger partial charge on any atom is 0.143 e. The second kappa shape index (κ2) is 10.7. The van der Waals surface area contributed by atoms with Crippen molar-refractivity contribution in [1.82, 2.24) is 0 Å². The van der Waals surface area contributed by atoms with Gasteiger partial charge in [-0.05, 0) is 98.6 Å². The molecule has 0 saturated carbocycles. The summed E-state index contributed by atoms with van der Waals surface area (Å²) >= 11 is 0. The molecule has 1 atom stereocenters. The lowest BCUT2D eigenvalue weighted by Gasteiger charge is -2.30. The van der Waals surface area contributed by atoms with E-state index in [1.807, 2.05) is 0 Å². The Kier molecular flexibility index (Phi) is 5.91. The van der Waals surface area contributed by atoms with Gasteiger partial charge >= 0.3 is 0 Å². The normalized spacial score (nSPS) is 15.1. The van der Waals surface area contributed by atoms with Gasteiger partial charge in [0, 0.05) is 33.4 Å². The van der Waals surface area contributed by atoms with Gasteiger partial charge in [0.2, 0.25) is 0 Å². The molecule has 9 aromatic rings. The summed E-state index contributed by atoms with van der Waals surface area (Å²) in [5, 5.41) is 2.33. The van der Waals surface area contributed by atoms with E-state index in [4.69, 9.17) is 4.42 Å². The smallest absolute Gasteiger partial charge is 0.143 e. The van der Waals surface area contributed by atoms with E-state index in [0.717, 1.165) is 33.6 Å². The maximum absolute atomic E-state index is 6.69. The second-order valence-electron chi connectivity index (χ2n) is 13.6. The standard InChI is InChI=1S/C49H31NO/c1-3-13-34(14-4-1)50(35-15-5-2-6-16-35)36-26-23-32(24-27-36)33-25-29-44-41(31-33)37-17-7-10-20-42(37)49(44)43-21-11-8-19-40(43)47-45(49)30-28-39-38-18-9-12-22-46(38)51-48(39)47/h1-31H. The van der Waals surface area contributed by atoms with Crippen molar-refractivity contribution in [3.63, 3.8) is 0 Å². The van der Waals surface area contributed by atoms with Crippen molar-refractivity contribution in [1.29, 1.82) is 0 Å². The Hall–Kier alpha value is -6.64. The molecule has 8 aromatic carbocycles. The SMILES string of the molecule is c1ccc(N(c2ccccc2)c2ccc(-c3ccc4c(c3)-c3ccccc3C43c4ccccc4-c4c3ccc3c4oc4ccccc43)cc2)cc1. The van der Waals surface area contributed by atoms with E-state index < -0.39 is 5.41 Å². The maximum atomic E-state index is 6.69. The summed E-state index contributed by atoms with van der Waals surface area (Å²) < 4.78 is 6.69. The number of para-hydroxylation sites is 3. The molecule has 2 aliphatic rings. The number of hydrogen-bond donors (Lipinski definition) is 0. The predicted molar refractivity (Wildman–Crippen MR) is 210 cm³/mol. The molecule has 1 unspecified atom stereocenters. The average Bonchev–Trinajstić information content (AvgIpc) is 3.83. The Bertz CT molecular complexity index is 2760. The fourth-order valence-electron chi connectivity index (χ4n) is 8.99. The first-order valence-corrected chi connectivity index (χ1v) is 17.6. The first-order chi connectivity index (χ1) is 25.3. The zero-order valence-electron chi connectivity index (χ0n) is 27.8. The molecule has 0 aliphatic heterocycles. The minimum atomic E-state index is -0.431. The minimum Gasteiger partial charge on any atom is -0.455 e. The van der Waals surface area contributed by atoms with Gasteiger partial charge in [-0.2, -0.15) is 0 Å². The van der Waals surface area contributed by atoms with E-state index in [1.54, 1.807) is 0 Å². The molecule has 0 saturated heterocycles. The molecule has 2 aliphatic carbocycles. The van der Waals surface area contributed by atoms with Crippen LogP contribution in [0.1, 0.15) is 22.3 Å². The van der Waals surface area contributed by atoms with Gasteiger partial charge in [-0.15, -0.1) is 0 Å². The Morgan fingerprint density at radius 2 is 0.922 bits per heavy atom. The lowest BCUT2D eigenvalue weighted by Crippen LogP contribution is -2.25. The van der Waals surface area contributed by atoms with Crippen molar-refractivity contribution in [2.45, 2.75) is 5.41 Å². The van der Waals surface area contributed by atoms with Crippen LogP contribution in [0.25, 0.3) is 55.3 Å². The average molecular weight is 650 g/mol. The minimum absolute atomic E-state index is 0.431. The van der Waals surface area contributed by atoms with Crippen LogP contribution < -0.4 is 4.90 Å². The monoisotopic (exact) mass is 649 g/mol. The number of nitrogens with zero attached hydrogens (tertiary/aromatic N) is 1. The van der Waals surface area contributed by atoms with Gasteiger partial charge in [0.15, 0.2) is 0 Å². The molecule has 0 radical (unpaired) electrons. The second-order valence-corrected chi connectivity index (χ2v) is 13.6. The first kappa shape index (κ1) is 28.2. The molecular weight excluding hydrogens is 619 g/mol. The highest BCUT2D eigenvalue weighted by molar-refractivity contribution is 6.13. The van der Waals surface area contributed by atoms with Gasteiger partial charge in [0.05, 0.1) is 5.41 Å². The first-order valence-electron chi connectivity index (χ1n) is 17.6. The summed E-state index contributed by atoms with van der Waals surface area (Å²) in [5.41, 5.74) is 17.6. The zero-order valence-corrected chi connectivity index (χ0v) is 27.8. The van der Waals surface area contributed by atoms with Crippen LogP contribution in [-0.4, -0.2) is 0 Å². The highest BCUT2D eigenvalue weighted by atomic mass is 16.3. The van der Waals surface area contributed by atoms with Crippen molar-refractivity contribution >= 4 is 39.0 Å². The van der Waals surface area contributed by atoms with E-state index in [9.17, 15) is 0 Å². The van der Waals surface area contributed by atoms with E-state index in [2.05, 4.69) is 193 Å². The number of fused-ring (bicyclic) bond motifs is 14. The molecular formula is C49H31NO. The molecule has 0 N–H and O–H groups in total. The number of benzene rings is 8. The van der Waals surface area contributed by atoms with Crippen molar-refractivity contribution in [2.75, 3.05) is 4.90 Å². The van der Waals surface area contributed by atoms with Gasteiger partial charge in [-0.3, -0.25) is 0 Å². The molecule has 1 heterocycles. The molecule has 2 nitrogen and oxygen atoms in total. The number of hydrogen-bond acceptors (Lipinski definition) is 2. The van der Waals surface area contributed by atoms with Gasteiger partial charge in [-0.25, -0.2) is 0 Å². The lowest BCUT2D eigenvalue weighted by atomic mass is 9.70. The highest BCUT2D eigenvalue weighted by Crippen LogP contribution is 2.64. The summed E-state index contributed by atoms with van der Waals surface area (Å²) in [6, 6.07) is 68.2. The van der Waals surface area contributed by atoms with Crippen LogP contribution >= 0.6 is 0 Å². The number of anilines is 3. The summed E-state index contributed by atoms with van der Waals surface area (Å²) in [4.78, 5) is 2.31. The van der Waals surface area contributed by atoms with Crippen molar-refractivity contribution < 1.29 is 4.42 Å². The van der Waals surface area contributed by atoms with E-state index in [1.165, 1.54) is 61.0 Å². The molecule has 238 valence electrons. The molecule has 0 fully saturated rings. The lowest BCUT2D eigenvalue weighted by molar-refractivity contribution is 0.669. The largest absolute Gasteiger partial charge is 0.455 e. The molecule has 1 aromatic heterocycles. The summed E-state index contributed by atoms with van der Waals surface area (Å²) in [6.45, 7) is 0. The van der Waals surface area contributed by atoms with Crippen LogP contribution in [0.15, 0.2) is 192 Å². The van der Waals surface area contributed by atoms with E-state index in [-0.39, 0.29) is 0 Å². The van der Waals surface area contributed by atoms with Crippen LogP contribution in [-0.2, 0) is 5.41 Å². The van der Waals surface area contributed by atoms with Crippen LogP contribution in [0.5, 0.6) is 0 Å². The van der Waals surface area contributed by atoms with Crippen LogP contribution in [0.4, 0.5) is 17.1 Å². The third-order valence-electron chi connectivity index (χ3n) is 11.1. The zero-order chi connectivity index (χ0) is 33.5. The molecule has 11 rings (SSSR count). The van der Waals surface area contributed by atoms with E-state index >= 15 is 0 Å². The Morgan fingerprint density at radius 3 is 1.67 bits per heavy atom. The fourth-order valence-corrected chi connectivity index (χ4v) is 8.99. The Balaban J connectivity index is 1.08. The number of furan rings is 1. The number of rotatable bonds is 4. The van der Waals surface area contributed by atoms with Crippen LogP contribution in [0.3, 0.4) is 0 Å². The van der Waals surface area contributed by atoms with E-state index in [0.29, 0.717) is 0 Å². The summed E-state index contributed by atoms with van der Waals surface area (Å²) in [6.07, 6.45) is 0. The Labute approximate surface area is 296 Å². The van der Waals surface area contributed by atoms with Crippen LogP contribution in [0.2, 0.25) is 0 Å². The third kappa shape index (κ3) is 3.87. The fraction of sp³-hybridized carbons (Fsp3) is 0.0204. The molecule has 0 amide bonds. The van der Waals surface area contributed by atoms with Crippen molar-refractivity contribution in [2.24, 2.45) is 0 Å². The quantitative estimate of drug-likeness (QED) is 0.189. The topological polar surface area (TPSA) is 16.4 Å².